The third kappa shape index (κ3) is 4.74. The molecule has 0 aliphatic carbocycles. The minimum Gasteiger partial charge on any atom is -0.370 e. The van der Waals surface area contributed by atoms with Gasteiger partial charge in [-0.25, -0.2) is 0 Å². The molecule has 0 fully saturated rings. The van der Waals surface area contributed by atoms with Gasteiger partial charge in [-0.3, -0.25) is 4.79 Å². The predicted molar refractivity (Wildman–Crippen MR) is 62.2 cm³/mol. The highest BCUT2D eigenvalue weighted by atomic mass is 79.9. The molecule has 14 heavy (non-hydrogen) atoms. The Morgan fingerprint density at radius 1 is 1.64 bits per heavy atom. The van der Waals surface area contributed by atoms with Gasteiger partial charge < -0.3 is 11.1 Å². The van der Waals surface area contributed by atoms with Crippen LogP contribution in [0.1, 0.15) is 17.7 Å². The van der Waals surface area contributed by atoms with Gasteiger partial charge in [-0.1, -0.05) is 0 Å². The maximum atomic E-state index is 10.4. The summed E-state index contributed by atoms with van der Waals surface area (Å²) in [6, 6.07) is 2.09. The van der Waals surface area contributed by atoms with Crippen LogP contribution in [0.15, 0.2) is 15.9 Å². The first-order valence-electron chi connectivity index (χ1n) is 4.40. The van der Waals surface area contributed by atoms with E-state index in [2.05, 4.69) is 32.7 Å². The number of carbonyl (C=O) groups excluding carboxylic acids is 1. The fourth-order valence-corrected chi connectivity index (χ4v) is 2.47. The lowest BCUT2D eigenvalue weighted by Crippen LogP contribution is -2.17. The maximum Gasteiger partial charge on any atom is 0.217 e. The van der Waals surface area contributed by atoms with Gasteiger partial charge in [0, 0.05) is 27.7 Å². The van der Waals surface area contributed by atoms with Crippen molar-refractivity contribution in [2.24, 2.45) is 5.73 Å². The van der Waals surface area contributed by atoms with E-state index in [9.17, 15) is 4.79 Å². The molecule has 3 N–H and O–H groups in total. The van der Waals surface area contributed by atoms with E-state index in [-0.39, 0.29) is 5.91 Å². The van der Waals surface area contributed by atoms with Crippen LogP contribution in [0.25, 0.3) is 0 Å². The monoisotopic (exact) mass is 276 g/mol. The summed E-state index contributed by atoms with van der Waals surface area (Å²) in [5, 5.41) is 5.31. The quantitative estimate of drug-likeness (QED) is 0.780. The van der Waals surface area contributed by atoms with Crippen LogP contribution in [0.2, 0.25) is 0 Å². The molecule has 0 aliphatic heterocycles. The molecule has 0 saturated heterocycles. The van der Waals surface area contributed by atoms with Gasteiger partial charge in [0.15, 0.2) is 0 Å². The van der Waals surface area contributed by atoms with Crippen molar-refractivity contribution in [3.63, 3.8) is 0 Å². The van der Waals surface area contributed by atoms with Crippen LogP contribution in [-0.4, -0.2) is 12.5 Å². The molecule has 0 unspecified atom stereocenters. The number of nitrogens with two attached hydrogens (primary N) is 1. The molecule has 0 aromatic carbocycles. The summed E-state index contributed by atoms with van der Waals surface area (Å²) in [6.45, 7) is 1.69. The lowest BCUT2D eigenvalue weighted by atomic mass is 10.3. The largest absolute Gasteiger partial charge is 0.370 e. The molecule has 0 bridgehead atoms. The van der Waals surface area contributed by atoms with Crippen LogP contribution in [0.5, 0.6) is 0 Å². The van der Waals surface area contributed by atoms with Crippen LogP contribution in [0.4, 0.5) is 0 Å². The normalized spacial score (nSPS) is 10.4. The van der Waals surface area contributed by atoms with Gasteiger partial charge in [0.05, 0.1) is 0 Å². The first-order chi connectivity index (χ1) is 6.68. The van der Waals surface area contributed by atoms with Crippen molar-refractivity contribution in [1.29, 1.82) is 0 Å². The third-order valence-corrected chi connectivity index (χ3v) is 3.40. The zero-order valence-corrected chi connectivity index (χ0v) is 10.2. The van der Waals surface area contributed by atoms with E-state index in [1.54, 1.807) is 11.3 Å². The molecule has 1 rings (SSSR count). The molecule has 1 heterocycles. The smallest absolute Gasteiger partial charge is 0.217 e. The van der Waals surface area contributed by atoms with Gasteiger partial charge in [-0.05, 0) is 35.0 Å². The predicted octanol–water partition coefficient (Wildman–Crippen LogP) is 1.87. The third-order valence-electron chi connectivity index (χ3n) is 1.70. The minimum atomic E-state index is -0.231. The fourth-order valence-electron chi connectivity index (χ4n) is 1.05. The lowest BCUT2D eigenvalue weighted by Gasteiger charge is -2.00. The number of hydrogen-bond donors (Lipinski definition) is 2. The topological polar surface area (TPSA) is 55.1 Å². The molecular formula is C9H13BrN2OS. The van der Waals surface area contributed by atoms with Crippen LogP contribution in [-0.2, 0) is 11.3 Å². The van der Waals surface area contributed by atoms with Crippen molar-refractivity contribution in [3.05, 3.63) is 20.8 Å². The van der Waals surface area contributed by atoms with E-state index in [1.807, 2.05) is 0 Å². The summed E-state index contributed by atoms with van der Waals surface area (Å²) in [7, 11) is 0. The number of thiophene rings is 1. The molecule has 0 atom stereocenters. The number of rotatable bonds is 6. The van der Waals surface area contributed by atoms with Crippen LogP contribution < -0.4 is 11.1 Å². The minimum absolute atomic E-state index is 0.231. The van der Waals surface area contributed by atoms with Crippen molar-refractivity contribution >= 4 is 33.2 Å². The summed E-state index contributed by atoms with van der Waals surface area (Å²) in [5.74, 6) is -0.231. The molecule has 1 amide bonds. The van der Waals surface area contributed by atoms with Crippen molar-refractivity contribution < 1.29 is 4.79 Å². The Bertz CT molecular complexity index is 301. The van der Waals surface area contributed by atoms with E-state index in [0.29, 0.717) is 6.42 Å². The molecule has 0 radical (unpaired) electrons. The molecular weight excluding hydrogens is 264 g/mol. The molecule has 1 aromatic rings. The Morgan fingerprint density at radius 2 is 2.43 bits per heavy atom. The summed E-state index contributed by atoms with van der Waals surface area (Å²) in [6.07, 6.45) is 1.27. The second-order valence-electron chi connectivity index (χ2n) is 2.98. The Morgan fingerprint density at radius 3 is 3.00 bits per heavy atom. The van der Waals surface area contributed by atoms with E-state index >= 15 is 0 Å². The Balaban J connectivity index is 2.07. The highest BCUT2D eigenvalue weighted by Gasteiger charge is 1.97. The van der Waals surface area contributed by atoms with Gasteiger partial charge in [0.1, 0.15) is 0 Å². The molecule has 0 spiro atoms. The van der Waals surface area contributed by atoms with Crippen molar-refractivity contribution in [1.82, 2.24) is 5.32 Å². The lowest BCUT2D eigenvalue weighted by molar-refractivity contribution is -0.118. The van der Waals surface area contributed by atoms with Crippen LogP contribution >= 0.6 is 27.3 Å². The van der Waals surface area contributed by atoms with Crippen molar-refractivity contribution in [2.75, 3.05) is 6.54 Å². The molecule has 1 aromatic heterocycles. The highest BCUT2D eigenvalue weighted by molar-refractivity contribution is 9.10. The number of nitrogens with one attached hydrogen (secondary N) is 1. The summed E-state index contributed by atoms with van der Waals surface area (Å²) in [5.41, 5.74) is 5.02. The van der Waals surface area contributed by atoms with E-state index in [4.69, 9.17) is 5.73 Å². The number of primary amides is 1. The van der Waals surface area contributed by atoms with Gasteiger partial charge in [-0.2, -0.15) is 0 Å². The van der Waals surface area contributed by atoms with Crippen molar-refractivity contribution in [3.8, 4) is 0 Å². The fraction of sp³-hybridized carbons (Fsp3) is 0.444. The number of hydrogen-bond acceptors (Lipinski definition) is 3. The molecule has 0 saturated carbocycles. The zero-order valence-electron chi connectivity index (χ0n) is 7.75. The Kier molecular flexibility index (Phi) is 5.14. The summed E-state index contributed by atoms with van der Waals surface area (Å²) in [4.78, 5) is 11.7. The molecule has 78 valence electrons. The second kappa shape index (κ2) is 6.16. The molecule has 3 nitrogen and oxygen atoms in total. The Labute approximate surface area is 95.8 Å². The van der Waals surface area contributed by atoms with Crippen LogP contribution in [0.3, 0.4) is 0 Å². The average molecular weight is 277 g/mol. The molecule has 0 aliphatic rings. The maximum absolute atomic E-state index is 10.4. The summed E-state index contributed by atoms with van der Waals surface area (Å²) < 4.78 is 1.12. The van der Waals surface area contributed by atoms with E-state index in [0.717, 1.165) is 24.0 Å². The van der Waals surface area contributed by atoms with E-state index in [1.165, 1.54) is 4.88 Å². The highest BCUT2D eigenvalue weighted by Crippen LogP contribution is 2.19. The average Bonchev–Trinajstić information content (AvgIpc) is 2.50. The molecule has 5 heteroatoms. The van der Waals surface area contributed by atoms with Crippen molar-refractivity contribution in [2.45, 2.75) is 19.4 Å². The number of carbonyl (C=O) groups is 1. The van der Waals surface area contributed by atoms with Gasteiger partial charge >= 0.3 is 0 Å². The zero-order chi connectivity index (χ0) is 10.4. The second-order valence-corrected chi connectivity index (χ2v) is 4.89. The first-order valence-corrected chi connectivity index (χ1v) is 6.07. The number of amides is 1. The van der Waals surface area contributed by atoms with Gasteiger partial charge in [0.25, 0.3) is 0 Å². The SMILES string of the molecule is NC(=O)CCCNCc1cc(Br)cs1. The van der Waals surface area contributed by atoms with Crippen LogP contribution in [0, 0.1) is 0 Å². The summed E-state index contributed by atoms with van der Waals surface area (Å²) >= 11 is 5.11. The van der Waals surface area contributed by atoms with Gasteiger partial charge in [-0.15, -0.1) is 11.3 Å². The standard InChI is InChI=1S/C9H13BrN2OS/c10-7-4-8(14-6-7)5-12-3-1-2-9(11)13/h4,6,12H,1-3,5H2,(H2,11,13). The number of halogens is 1. The van der Waals surface area contributed by atoms with E-state index < -0.39 is 0 Å². The van der Waals surface area contributed by atoms with Gasteiger partial charge in [0.2, 0.25) is 5.91 Å². The Hall–Kier alpha value is -0.390. The first kappa shape index (κ1) is 11.7.